The molecular formula is C15H15N3O3S. The number of fused-ring (bicyclic) bond motifs is 4. The van der Waals surface area contributed by atoms with E-state index in [0.717, 1.165) is 10.2 Å². The standard InChI is InChI=1S/C15H15N3O3S/c19-14-10-4-18(5-11(17-14)7-21-6-10)15(20)9-1-2-12-13(3-9)22-8-16-12/h1-3,8,10-11H,4-7H2,(H,17,19)/t10-,11+/m1/s1. The minimum atomic E-state index is -0.288. The topological polar surface area (TPSA) is 71.5 Å². The molecule has 1 N–H and O–H groups in total. The van der Waals surface area contributed by atoms with E-state index in [0.29, 0.717) is 31.9 Å². The summed E-state index contributed by atoms with van der Waals surface area (Å²) in [7, 11) is 0. The van der Waals surface area contributed by atoms with E-state index in [1.807, 2.05) is 12.1 Å². The molecule has 2 aliphatic rings. The van der Waals surface area contributed by atoms with Crippen molar-refractivity contribution in [3.05, 3.63) is 29.3 Å². The average molecular weight is 317 g/mol. The zero-order chi connectivity index (χ0) is 15.1. The molecule has 4 rings (SSSR count). The lowest BCUT2D eigenvalue weighted by Gasteiger charge is -2.27. The Kier molecular flexibility index (Phi) is 3.31. The number of carbonyl (C=O) groups excluding carboxylic acids is 2. The Labute approximate surface area is 131 Å². The molecule has 2 aromatic rings. The van der Waals surface area contributed by atoms with Gasteiger partial charge in [-0.3, -0.25) is 9.59 Å². The average Bonchev–Trinajstić information content (AvgIpc) is 2.82. The molecule has 0 aliphatic carbocycles. The number of ether oxygens (including phenoxy) is 1. The molecule has 2 aliphatic heterocycles. The molecule has 2 atom stereocenters. The van der Waals surface area contributed by atoms with Crippen LogP contribution in [0.1, 0.15) is 10.4 Å². The Bertz CT molecular complexity index is 744. The van der Waals surface area contributed by atoms with Gasteiger partial charge < -0.3 is 15.0 Å². The number of nitrogens with one attached hydrogen (secondary N) is 1. The van der Waals surface area contributed by atoms with Gasteiger partial charge in [0.15, 0.2) is 0 Å². The molecule has 6 nitrogen and oxygen atoms in total. The summed E-state index contributed by atoms with van der Waals surface area (Å²) < 4.78 is 6.48. The maximum Gasteiger partial charge on any atom is 0.254 e. The lowest BCUT2D eigenvalue weighted by molar-refractivity contribution is -0.125. The van der Waals surface area contributed by atoms with Crippen molar-refractivity contribution in [2.45, 2.75) is 6.04 Å². The molecule has 2 bridgehead atoms. The smallest absolute Gasteiger partial charge is 0.254 e. The quantitative estimate of drug-likeness (QED) is 0.848. The molecule has 0 saturated carbocycles. The van der Waals surface area contributed by atoms with E-state index < -0.39 is 0 Å². The highest BCUT2D eigenvalue weighted by Crippen LogP contribution is 2.21. The van der Waals surface area contributed by atoms with Crippen molar-refractivity contribution < 1.29 is 14.3 Å². The van der Waals surface area contributed by atoms with Crippen LogP contribution in [0.2, 0.25) is 0 Å². The van der Waals surface area contributed by atoms with Gasteiger partial charge in [0.25, 0.3) is 5.91 Å². The molecule has 0 unspecified atom stereocenters. The lowest BCUT2D eigenvalue weighted by Crippen LogP contribution is -2.44. The predicted molar refractivity (Wildman–Crippen MR) is 81.8 cm³/mol. The van der Waals surface area contributed by atoms with Gasteiger partial charge in [0, 0.05) is 18.7 Å². The first-order chi connectivity index (χ1) is 10.7. The van der Waals surface area contributed by atoms with Crippen LogP contribution in [0, 0.1) is 5.92 Å². The van der Waals surface area contributed by atoms with Crippen LogP contribution in [0.4, 0.5) is 0 Å². The summed E-state index contributed by atoms with van der Waals surface area (Å²) in [6, 6.07) is 5.42. The number of thiazole rings is 1. The van der Waals surface area contributed by atoms with Gasteiger partial charge in [-0.05, 0) is 18.2 Å². The van der Waals surface area contributed by atoms with Crippen molar-refractivity contribution in [1.29, 1.82) is 0 Å². The number of hydrogen-bond donors (Lipinski definition) is 1. The van der Waals surface area contributed by atoms with Gasteiger partial charge in [-0.25, -0.2) is 4.98 Å². The third-order valence-corrected chi connectivity index (χ3v) is 4.89. The molecule has 1 aromatic heterocycles. The van der Waals surface area contributed by atoms with Gasteiger partial charge in [-0.2, -0.15) is 0 Å². The molecule has 0 spiro atoms. The third-order valence-electron chi connectivity index (χ3n) is 4.10. The van der Waals surface area contributed by atoms with Crippen LogP contribution in [0.15, 0.2) is 23.7 Å². The fraction of sp³-hybridized carbons (Fsp3) is 0.400. The van der Waals surface area contributed by atoms with E-state index in [4.69, 9.17) is 4.74 Å². The number of aromatic nitrogens is 1. The van der Waals surface area contributed by atoms with E-state index in [1.54, 1.807) is 16.5 Å². The van der Waals surface area contributed by atoms with Crippen molar-refractivity contribution in [2.75, 3.05) is 26.3 Å². The maximum atomic E-state index is 12.8. The first kappa shape index (κ1) is 13.7. The van der Waals surface area contributed by atoms with Gasteiger partial charge >= 0.3 is 0 Å². The van der Waals surface area contributed by atoms with Crippen LogP contribution >= 0.6 is 11.3 Å². The minimum Gasteiger partial charge on any atom is -0.378 e. The summed E-state index contributed by atoms with van der Waals surface area (Å²) in [5.74, 6) is -0.344. The summed E-state index contributed by atoms with van der Waals surface area (Å²) in [5.41, 5.74) is 3.32. The van der Waals surface area contributed by atoms with Crippen molar-refractivity contribution >= 4 is 33.4 Å². The number of hydrogen-bond acceptors (Lipinski definition) is 5. The number of nitrogens with zero attached hydrogens (tertiary/aromatic N) is 2. The molecule has 1 aromatic carbocycles. The molecule has 3 heterocycles. The molecule has 2 fully saturated rings. The number of amides is 2. The first-order valence-electron chi connectivity index (χ1n) is 7.21. The van der Waals surface area contributed by atoms with E-state index in [1.165, 1.54) is 11.3 Å². The van der Waals surface area contributed by atoms with E-state index in [-0.39, 0.29) is 23.8 Å². The van der Waals surface area contributed by atoms with Crippen molar-refractivity contribution in [3.63, 3.8) is 0 Å². The van der Waals surface area contributed by atoms with Crippen LogP contribution in [-0.4, -0.2) is 54.0 Å². The van der Waals surface area contributed by atoms with Crippen LogP contribution in [0.5, 0.6) is 0 Å². The molecule has 7 heteroatoms. The molecule has 2 amide bonds. The molecule has 0 radical (unpaired) electrons. The normalized spacial score (nSPS) is 24.9. The second-order valence-corrected chi connectivity index (χ2v) is 6.57. The molecule has 2 saturated heterocycles. The van der Waals surface area contributed by atoms with E-state index >= 15 is 0 Å². The highest BCUT2D eigenvalue weighted by Gasteiger charge is 2.35. The Morgan fingerprint density at radius 2 is 2.27 bits per heavy atom. The maximum absolute atomic E-state index is 12.8. The number of carbonyl (C=O) groups is 2. The van der Waals surface area contributed by atoms with Gasteiger partial charge in [-0.1, -0.05) is 0 Å². The van der Waals surface area contributed by atoms with Gasteiger partial charge in [0.05, 0.1) is 40.9 Å². The number of rotatable bonds is 1. The Morgan fingerprint density at radius 3 is 3.18 bits per heavy atom. The fourth-order valence-electron chi connectivity index (χ4n) is 2.97. The van der Waals surface area contributed by atoms with Crippen molar-refractivity contribution in [2.24, 2.45) is 5.92 Å². The zero-order valence-electron chi connectivity index (χ0n) is 11.8. The molecular weight excluding hydrogens is 302 g/mol. The van der Waals surface area contributed by atoms with Crippen LogP contribution in [-0.2, 0) is 9.53 Å². The molecule has 114 valence electrons. The van der Waals surface area contributed by atoms with E-state index in [2.05, 4.69) is 10.3 Å². The monoisotopic (exact) mass is 317 g/mol. The Morgan fingerprint density at radius 1 is 1.36 bits per heavy atom. The highest BCUT2D eigenvalue weighted by molar-refractivity contribution is 7.16. The van der Waals surface area contributed by atoms with Crippen molar-refractivity contribution in [1.82, 2.24) is 15.2 Å². The highest BCUT2D eigenvalue weighted by atomic mass is 32.1. The summed E-state index contributed by atoms with van der Waals surface area (Å²) in [6.07, 6.45) is 0. The summed E-state index contributed by atoms with van der Waals surface area (Å²) in [6.45, 7) is 1.73. The predicted octanol–water partition coefficient (Wildman–Crippen LogP) is 0.883. The number of benzene rings is 1. The fourth-order valence-corrected chi connectivity index (χ4v) is 3.68. The van der Waals surface area contributed by atoms with E-state index in [9.17, 15) is 9.59 Å². The van der Waals surface area contributed by atoms with Gasteiger partial charge in [-0.15, -0.1) is 11.3 Å². The molecule has 22 heavy (non-hydrogen) atoms. The zero-order valence-corrected chi connectivity index (χ0v) is 12.6. The van der Waals surface area contributed by atoms with Crippen molar-refractivity contribution in [3.8, 4) is 0 Å². The van der Waals surface area contributed by atoms with Crippen LogP contribution in [0.25, 0.3) is 10.2 Å². The Balaban J connectivity index is 1.62. The summed E-state index contributed by atoms with van der Waals surface area (Å²) in [4.78, 5) is 30.8. The largest absolute Gasteiger partial charge is 0.378 e. The summed E-state index contributed by atoms with van der Waals surface area (Å²) in [5, 5.41) is 2.94. The Hall–Kier alpha value is -1.99. The second kappa shape index (κ2) is 5.33. The first-order valence-corrected chi connectivity index (χ1v) is 8.09. The van der Waals surface area contributed by atoms with Crippen LogP contribution in [0.3, 0.4) is 0 Å². The second-order valence-electron chi connectivity index (χ2n) is 5.68. The van der Waals surface area contributed by atoms with Gasteiger partial charge in [0.1, 0.15) is 0 Å². The van der Waals surface area contributed by atoms with Gasteiger partial charge in [0.2, 0.25) is 5.91 Å². The SMILES string of the molecule is O=C1N[C@@H]2COC[C@H]1CN(C(=O)c1ccc3ncsc3c1)C2. The summed E-state index contributed by atoms with van der Waals surface area (Å²) >= 11 is 1.52. The third kappa shape index (κ3) is 2.36. The minimum absolute atomic E-state index is 0.0179. The lowest BCUT2D eigenvalue weighted by atomic mass is 10.1. The van der Waals surface area contributed by atoms with Crippen LogP contribution < -0.4 is 5.32 Å².